The molecule has 3 aromatic rings. The SMILES string of the molecule is Nc1ncc2ccc3c(ccn3C3CC(O)C(CO)O3)c2n1. The van der Waals surface area contributed by atoms with Crippen molar-refractivity contribution < 1.29 is 14.9 Å². The number of aliphatic hydroxyl groups excluding tert-OH is 2. The van der Waals surface area contributed by atoms with Crippen molar-refractivity contribution in [1.29, 1.82) is 0 Å². The number of fused-ring (bicyclic) bond motifs is 3. The molecule has 0 saturated carbocycles. The van der Waals surface area contributed by atoms with E-state index in [9.17, 15) is 10.2 Å². The largest absolute Gasteiger partial charge is 0.394 e. The monoisotopic (exact) mass is 300 g/mol. The molecule has 3 heterocycles. The molecule has 0 radical (unpaired) electrons. The van der Waals surface area contributed by atoms with Gasteiger partial charge in [-0.25, -0.2) is 9.97 Å². The lowest BCUT2D eigenvalue weighted by Gasteiger charge is -2.15. The Hall–Kier alpha value is -2.22. The summed E-state index contributed by atoms with van der Waals surface area (Å²) in [7, 11) is 0. The minimum Gasteiger partial charge on any atom is -0.394 e. The maximum Gasteiger partial charge on any atom is 0.220 e. The van der Waals surface area contributed by atoms with Gasteiger partial charge in [0.15, 0.2) is 0 Å². The van der Waals surface area contributed by atoms with Crippen molar-refractivity contribution in [2.24, 2.45) is 0 Å². The van der Waals surface area contributed by atoms with Crippen LogP contribution in [-0.4, -0.2) is 43.6 Å². The van der Waals surface area contributed by atoms with Gasteiger partial charge in [0.1, 0.15) is 12.3 Å². The molecule has 4 rings (SSSR count). The van der Waals surface area contributed by atoms with Gasteiger partial charge < -0.3 is 25.3 Å². The zero-order valence-electron chi connectivity index (χ0n) is 11.8. The highest BCUT2D eigenvalue weighted by atomic mass is 16.5. The maximum atomic E-state index is 9.90. The third-order valence-electron chi connectivity index (χ3n) is 4.16. The molecule has 1 saturated heterocycles. The standard InChI is InChI=1S/C15H16N4O3/c16-15-17-6-8-1-2-10-9(14(8)18-15)3-4-19(10)13-5-11(21)12(7-20)22-13/h1-4,6,11-13,20-21H,5,7H2,(H2,16,17,18). The highest BCUT2D eigenvalue weighted by Gasteiger charge is 2.34. The van der Waals surface area contributed by atoms with E-state index in [0.717, 1.165) is 21.8 Å². The lowest BCUT2D eigenvalue weighted by atomic mass is 10.1. The average molecular weight is 300 g/mol. The molecule has 1 aromatic carbocycles. The number of anilines is 1. The van der Waals surface area contributed by atoms with Crippen LogP contribution in [0, 0.1) is 0 Å². The van der Waals surface area contributed by atoms with Crippen molar-refractivity contribution in [3.63, 3.8) is 0 Å². The fourth-order valence-corrected chi connectivity index (χ4v) is 3.05. The molecule has 0 bridgehead atoms. The second-order valence-electron chi connectivity index (χ2n) is 5.50. The number of nitrogens with two attached hydrogens (primary N) is 1. The summed E-state index contributed by atoms with van der Waals surface area (Å²) in [5.74, 6) is 0.237. The summed E-state index contributed by atoms with van der Waals surface area (Å²) < 4.78 is 7.67. The van der Waals surface area contributed by atoms with Gasteiger partial charge >= 0.3 is 0 Å². The Bertz CT molecular complexity index is 847. The van der Waals surface area contributed by atoms with Gasteiger partial charge in [0.05, 0.1) is 23.7 Å². The highest BCUT2D eigenvalue weighted by Crippen LogP contribution is 2.33. The van der Waals surface area contributed by atoms with E-state index in [4.69, 9.17) is 10.5 Å². The van der Waals surface area contributed by atoms with Crippen molar-refractivity contribution in [3.8, 4) is 0 Å². The van der Waals surface area contributed by atoms with E-state index in [2.05, 4.69) is 9.97 Å². The van der Waals surface area contributed by atoms with Crippen molar-refractivity contribution in [3.05, 3.63) is 30.6 Å². The average Bonchev–Trinajstić information content (AvgIpc) is 3.10. The van der Waals surface area contributed by atoms with Crippen LogP contribution in [0.15, 0.2) is 30.6 Å². The molecule has 2 aromatic heterocycles. The number of nitrogen functional groups attached to an aromatic ring is 1. The van der Waals surface area contributed by atoms with Gasteiger partial charge in [-0.1, -0.05) is 0 Å². The lowest BCUT2D eigenvalue weighted by molar-refractivity contribution is -0.0428. The fourth-order valence-electron chi connectivity index (χ4n) is 3.05. The molecule has 3 atom stereocenters. The number of aromatic nitrogens is 3. The number of benzene rings is 1. The lowest BCUT2D eigenvalue weighted by Crippen LogP contribution is -2.24. The van der Waals surface area contributed by atoms with E-state index < -0.39 is 12.2 Å². The summed E-state index contributed by atoms with van der Waals surface area (Å²) in [5.41, 5.74) is 7.42. The van der Waals surface area contributed by atoms with Crippen molar-refractivity contribution >= 4 is 27.8 Å². The number of hydrogen-bond acceptors (Lipinski definition) is 6. The van der Waals surface area contributed by atoms with Gasteiger partial charge in [-0.15, -0.1) is 0 Å². The van der Waals surface area contributed by atoms with Crippen LogP contribution in [-0.2, 0) is 4.74 Å². The fraction of sp³-hybridized carbons (Fsp3) is 0.333. The van der Waals surface area contributed by atoms with Crippen LogP contribution in [0.4, 0.5) is 5.95 Å². The topological polar surface area (TPSA) is 106 Å². The molecule has 7 nitrogen and oxygen atoms in total. The Balaban J connectivity index is 1.84. The Kier molecular flexibility index (Phi) is 3.00. The first-order chi connectivity index (χ1) is 10.7. The first-order valence-electron chi connectivity index (χ1n) is 7.13. The van der Waals surface area contributed by atoms with E-state index in [1.807, 2.05) is 29.0 Å². The van der Waals surface area contributed by atoms with E-state index in [0.29, 0.717) is 6.42 Å². The minimum atomic E-state index is -0.661. The van der Waals surface area contributed by atoms with E-state index in [1.165, 1.54) is 0 Å². The van der Waals surface area contributed by atoms with Crippen molar-refractivity contribution in [2.75, 3.05) is 12.3 Å². The van der Waals surface area contributed by atoms with Crippen molar-refractivity contribution in [1.82, 2.24) is 14.5 Å². The number of ether oxygens (including phenoxy) is 1. The molecule has 7 heteroatoms. The highest BCUT2D eigenvalue weighted by molar-refractivity contribution is 6.04. The Labute approximate surface area is 126 Å². The van der Waals surface area contributed by atoms with Gasteiger partial charge in [0, 0.05) is 29.6 Å². The Morgan fingerprint density at radius 1 is 1.36 bits per heavy atom. The molecular weight excluding hydrogens is 284 g/mol. The maximum absolute atomic E-state index is 9.90. The van der Waals surface area contributed by atoms with Crippen LogP contribution in [0.1, 0.15) is 12.6 Å². The number of aliphatic hydroxyl groups is 2. The van der Waals surface area contributed by atoms with Gasteiger partial charge in [-0.05, 0) is 18.2 Å². The van der Waals surface area contributed by atoms with Crippen molar-refractivity contribution in [2.45, 2.75) is 24.9 Å². The molecule has 114 valence electrons. The van der Waals surface area contributed by atoms with Crippen LogP contribution < -0.4 is 5.73 Å². The molecule has 1 fully saturated rings. The summed E-state index contributed by atoms with van der Waals surface area (Å²) in [6, 6.07) is 5.86. The quantitative estimate of drug-likeness (QED) is 0.646. The third kappa shape index (κ3) is 1.94. The number of hydrogen-bond donors (Lipinski definition) is 3. The van der Waals surface area contributed by atoms with Crippen LogP contribution in [0.25, 0.3) is 21.8 Å². The molecular formula is C15H16N4O3. The summed E-state index contributed by atoms with van der Waals surface area (Å²) in [4.78, 5) is 8.32. The number of nitrogens with zero attached hydrogens (tertiary/aromatic N) is 3. The van der Waals surface area contributed by atoms with E-state index >= 15 is 0 Å². The zero-order chi connectivity index (χ0) is 15.3. The van der Waals surface area contributed by atoms with E-state index in [1.54, 1.807) is 6.20 Å². The van der Waals surface area contributed by atoms with Crippen LogP contribution in [0.3, 0.4) is 0 Å². The first-order valence-corrected chi connectivity index (χ1v) is 7.13. The van der Waals surface area contributed by atoms with Crippen LogP contribution >= 0.6 is 0 Å². The second kappa shape index (κ2) is 4.91. The van der Waals surface area contributed by atoms with E-state index in [-0.39, 0.29) is 18.8 Å². The molecule has 1 aliphatic heterocycles. The smallest absolute Gasteiger partial charge is 0.220 e. The summed E-state index contributed by atoms with van der Waals surface area (Å²) in [6.45, 7) is -0.191. The zero-order valence-corrected chi connectivity index (χ0v) is 11.8. The predicted octanol–water partition coefficient (Wildman–Crippen LogP) is 0.807. The molecule has 3 unspecified atom stereocenters. The van der Waals surface area contributed by atoms with Gasteiger partial charge in [0.25, 0.3) is 0 Å². The molecule has 0 spiro atoms. The molecule has 1 aliphatic rings. The van der Waals surface area contributed by atoms with Crippen LogP contribution in [0.5, 0.6) is 0 Å². The third-order valence-corrected chi connectivity index (χ3v) is 4.16. The molecule has 0 aliphatic carbocycles. The predicted molar refractivity (Wildman–Crippen MR) is 81.1 cm³/mol. The summed E-state index contributed by atoms with van der Waals surface area (Å²) in [6.07, 6.45) is 2.54. The molecule has 0 amide bonds. The summed E-state index contributed by atoms with van der Waals surface area (Å²) >= 11 is 0. The minimum absolute atomic E-state index is 0.191. The molecule has 22 heavy (non-hydrogen) atoms. The second-order valence-corrected chi connectivity index (χ2v) is 5.50. The van der Waals surface area contributed by atoms with Gasteiger partial charge in [0.2, 0.25) is 5.95 Å². The normalized spacial score (nSPS) is 25.3. The molecule has 4 N–H and O–H groups in total. The van der Waals surface area contributed by atoms with Gasteiger partial charge in [-0.2, -0.15) is 0 Å². The number of rotatable bonds is 2. The Morgan fingerprint density at radius 3 is 3.00 bits per heavy atom. The first kappa shape index (κ1) is 13.4. The Morgan fingerprint density at radius 2 is 2.23 bits per heavy atom. The summed E-state index contributed by atoms with van der Waals surface area (Å²) in [5, 5.41) is 21.0. The van der Waals surface area contributed by atoms with Gasteiger partial charge in [-0.3, -0.25) is 0 Å². The van der Waals surface area contributed by atoms with Crippen LogP contribution in [0.2, 0.25) is 0 Å².